The van der Waals surface area contributed by atoms with Crippen molar-refractivity contribution in [3.63, 3.8) is 0 Å². The van der Waals surface area contributed by atoms with E-state index >= 15 is 0 Å². The minimum absolute atomic E-state index is 0.0543. The van der Waals surface area contributed by atoms with Crippen molar-refractivity contribution in [1.29, 1.82) is 0 Å². The fraction of sp³-hybridized carbons (Fsp3) is 0.462. The molecule has 0 fully saturated rings. The molecule has 0 radical (unpaired) electrons. The van der Waals surface area contributed by atoms with E-state index in [9.17, 15) is 18.0 Å². The molecule has 20 heavy (non-hydrogen) atoms. The van der Waals surface area contributed by atoms with Gasteiger partial charge in [0.15, 0.2) is 0 Å². The molecule has 1 amide bonds. The summed E-state index contributed by atoms with van der Waals surface area (Å²) in [7, 11) is 0. The largest absolute Gasteiger partial charge is 0.416 e. The van der Waals surface area contributed by atoms with E-state index in [0.29, 0.717) is 11.3 Å². The normalized spacial score (nSPS) is 11.8. The third-order valence-electron chi connectivity index (χ3n) is 2.89. The summed E-state index contributed by atoms with van der Waals surface area (Å²) < 4.78 is 38.0. The second kappa shape index (κ2) is 6.13. The lowest BCUT2D eigenvalue weighted by molar-refractivity contribution is -0.137. The van der Waals surface area contributed by atoms with Crippen LogP contribution < -0.4 is 16.4 Å². The van der Waals surface area contributed by atoms with Gasteiger partial charge in [0, 0.05) is 18.3 Å². The Kier molecular flexibility index (Phi) is 4.99. The Hall–Kier alpha value is -1.76. The molecule has 0 atom stereocenters. The van der Waals surface area contributed by atoms with E-state index in [-0.39, 0.29) is 19.1 Å². The van der Waals surface area contributed by atoms with Crippen LogP contribution in [0, 0.1) is 0 Å². The molecule has 4 N–H and O–H groups in total. The van der Waals surface area contributed by atoms with Crippen LogP contribution in [-0.2, 0) is 17.5 Å². The maximum absolute atomic E-state index is 12.7. The predicted molar refractivity (Wildman–Crippen MR) is 71.0 cm³/mol. The summed E-state index contributed by atoms with van der Waals surface area (Å²) in [6, 6.07) is 3.22. The number of carbonyl (C=O) groups excluding carboxylic acids is 1. The minimum atomic E-state index is -4.42. The van der Waals surface area contributed by atoms with Crippen molar-refractivity contribution in [3.05, 3.63) is 29.3 Å². The van der Waals surface area contributed by atoms with Gasteiger partial charge >= 0.3 is 6.18 Å². The van der Waals surface area contributed by atoms with Crippen molar-refractivity contribution in [2.24, 2.45) is 11.5 Å². The summed E-state index contributed by atoms with van der Waals surface area (Å²) in [6.07, 6.45) is -4.42. The van der Waals surface area contributed by atoms with Crippen molar-refractivity contribution >= 4 is 11.6 Å². The summed E-state index contributed by atoms with van der Waals surface area (Å²) in [5.41, 5.74) is 10.8. The van der Waals surface area contributed by atoms with Gasteiger partial charge in [-0.1, -0.05) is 0 Å². The number of nitrogens with zero attached hydrogens (tertiary/aromatic N) is 1. The molecule has 0 aliphatic carbocycles. The van der Waals surface area contributed by atoms with Gasteiger partial charge in [-0.15, -0.1) is 0 Å². The van der Waals surface area contributed by atoms with Crippen LogP contribution in [0.25, 0.3) is 0 Å². The highest BCUT2D eigenvalue weighted by molar-refractivity contribution is 5.80. The monoisotopic (exact) mass is 289 g/mol. The molecule has 112 valence electrons. The molecule has 0 aromatic heterocycles. The van der Waals surface area contributed by atoms with Gasteiger partial charge in [0.05, 0.1) is 12.1 Å². The lowest BCUT2D eigenvalue weighted by Gasteiger charge is -2.30. The summed E-state index contributed by atoms with van der Waals surface area (Å²) in [5.74, 6) is -0.554. The second-order valence-electron chi connectivity index (χ2n) is 4.73. The van der Waals surface area contributed by atoms with Crippen molar-refractivity contribution in [1.82, 2.24) is 0 Å². The zero-order valence-electron chi connectivity index (χ0n) is 11.4. The van der Waals surface area contributed by atoms with Crippen LogP contribution in [-0.4, -0.2) is 18.5 Å². The van der Waals surface area contributed by atoms with Gasteiger partial charge in [0.1, 0.15) is 0 Å². The summed E-state index contributed by atoms with van der Waals surface area (Å²) in [5, 5.41) is 0. The number of primary amides is 1. The van der Waals surface area contributed by atoms with Gasteiger partial charge in [-0.2, -0.15) is 13.2 Å². The first-order valence-electron chi connectivity index (χ1n) is 6.12. The van der Waals surface area contributed by atoms with Crippen molar-refractivity contribution in [2.45, 2.75) is 32.6 Å². The lowest BCUT2D eigenvalue weighted by atomic mass is 10.1. The Labute approximate surface area is 115 Å². The first-order valence-corrected chi connectivity index (χ1v) is 6.12. The smallest absolute Gasteiger partial charge is 0.368 e. The average molecular weight is 289 g/mol. The van der Waals surface area contributed by atoms with E-state index in [1.807, 2.05) is 13.8 Å². The highest BCUT2D eigenvalue weighted by Crippen LogP contribution is 2.33. The van der Waals surface area contributed by atoms with E-state index in [1.54, 1.807) is 4.90 Å². The Morgan fingerprint density at radius 2 is 1.95 bits per heavy atom. The van der Waals surface area contributed by atoms with E-state index in [2.05, 4.69) is 0 Å². The van der Waals surface area contributed by atoms with Gasteiger partial charge in [0.25, 0.3) is 0 Å². The number of rotatable bonds is 5. The zero-order valence-corrected chi connectivity index (χ0v) is 11.4. The molecular weight excluding hydrogens is 271 g/mol. The Morgan fingerprint density at radius 3 is 2.35 bits per heavy atom. The number of hydrogen-bond acceptors (Lipinski definition) is 3. The van der Waals surface area contributed by atoms with Crippen LogP contribution in [0.15, 0.2) is 18.2 Å². The first-order chi connectivity index (χ1) is 9.16. The first kappa shape index (κ1) is 16.3. The molecule has 0 saturated carbocycles. The molecule has 4 nitrogen and oxygen atoms in total. The topological polar surface area (TPSA) is 72.3 Å². The third kappa shape index (κ3) is 3.86. The van der Waals surface area contributed by atoms with Crippen LogP contribution >= 0.6 is 0 Å². The average Bonchev–Trinajstić information content (AvgIpc) is 2.33. The van der Waals surface area contributed by atoms with Crippen molar-refractivity contribution < 1.29 is 18.0 Å². The number of nitrogens with two attached hydrogens (primary N) is 2. The maximum atomic E-state index is 12.7. The quantitative estimate of drug-likeness (QED) is 0.869. The molecule has 0 aliphatic rings. The van der Waals surface area contributed by atoms with Crippen LogP contribution in [0.3, 0.4) is 0 Å². The van der Waals surface area contributed by atoms with Crippen LogP contribution in [0.5, 0.6) is 0 Å². The fourth-order valence-corrected chi connectivity index (χ4v) is 1.92. The van der Waals surface area contributed by atoms with Gasteiger partial charge in [-0.05, 0) is 37.6 Å². The molecule has 0 bridgehead atoms. The highest BCUT2D eigenvalue weighted by atomic mass is 19.4. The second-order valence-corrected chi connectivity index (χ2v) is 4.73. The number of alkyl halides is 3. The summed E-state index contributed by atoms with van der Waals surface area (Å²) in [4.78, 5) is 12.7. The number of anilines is 1. The molecule has 0 unspecified atom stereocenters. The molecule has 0 heterocycles. The zero-order chi connectivity index (χ0) is 15.5. The number of carbonyl (C=O) groups is 1. The standard InChI is InChI=1S/C13H18F3N3O/c1-8(2)19(7-12(18)20)11-4-3-10(13(14,15)16)5-9(11)6-17/h3-5,8H,6-7,17H2,1-2H3,(H2,18,20). The van der Waals surface area contributed by atoms with E-state index in [1.165, 1.54) is 6.07 Å². The molecule has 0 saturated heterocycles. The van der Waals surface area contributed by atoms with Gasteiger partial charge in [0.2, 0.25) is 5.91 Å². The Balaban J connectivity index is 3.25. The molecule has 0 aliphatic heterocycles. The van der Waals surface area contributed by atoms with Crippen molar-refractivity contribution in [2.75, 3.05) is 11.4 Å². The van der Waals surface area contributed by atoms with Crippen molar-refractivity contribution in [3.8, 4) is 0 Å². The number of hydrogen-bond donors (Lipinski definition) is 2. The maximum Gasteiger partial charge on any atom is 0.416 e. The number of benzene rings is 1. The minimum Gasteiger partial charge on any atom is -0.368 e. The van der Waals surface area contributed by atoms with Gasteiger partial charge < -0.3 is 16.4 Å². The third-order valence-corrected chi connectivity index (χ3v) is 2.89. The predicted octanol–water partition coefficient (Wildman–Crippen LogP) is 1.86. The molecule has 1 aromatic rings. The number of amides is 1. The van der Waals surface area contributed by atoms with Crippen LogP contribution in [0.4, 0.5) is 18.9 Å². The van der Waals surface area contributed by atoms with Crippen LogP contribution in [0.1, 0.15) is 25.0 Å². The number of halogens is 3. The molecule has 0 spiro atoms. The van der Waals surface area contributed by atoms with Crippen LogP contribution in [0.2, 0.25) is 0 Å². The summed E-state index contributed by atoms with van der Waals surface area (Å²) >= 11 is 0. The Morgan fingerprint density at radius 1 is 1.35 bits per heavy atom. The molecular formula is C13H18F3N3O. The van der Waals surface area contributed by atoms with E-state index in [0.717, 1.165) is 12.1 Å². The van der Waals surface area contributed by atoms with Gasteiger partial charge in [-0.25, -0.2) is 0 Å². The van der Waals surface area contributed by atoms with E-state index < -0.39 is 17.6 Å². The Bertz CT molecular complexity index is 486. The highest BCUT2D eigenvalue weighted by Gasteiger charge is 2.31. The molecule has 1 rings (SSSR count). The van der Waals surface area contributed by atoms with Gasteiger partial charge in [-0.3, -0.25) is 4.79 Å². The summed E-state index contributed by atoms with van der Waals surface area (Å²) in [6.45, 7) is 3.51. The molecule has 1 aromatic carbocycles. The van der Waals surface area contributed by atoms with E-state index in [4.69, 9.17) is 11.5 Å². The fourth-order valence-electron chi connectivity index (χ4n) is 1.92. The lowest BCUT2D eigenvalue weighted by Crippen LogP contribution is -2.39. The molecule has 7 heteroatoms. The SMILES string of the molecule is CC(C)N(CC(N)=O)c1ccc(C(F)(F)F)cc1CN.